The van der Waals surface area contributed by atoms with Gasteiger partial charge in [0.2, 0.25) is 5.82 Å². The molecule has 0 aliphatic carbocycles. The van der Waals surface area contributed by atoms with Crippen LogP contribution in [-0.2, 0) is 6.18 Å². The zero-order chi connectivity index (χ0) is 20.3. The van der Waals surface area contributed by atoms with Gasteiger partial charge in [-0.15, -0.1) is 0 Å². The second-order valence-corrected chi connectivity index (χ2v) is 5.75. The number of aliphatic hydroxyl groups excluding tert-OH is 1. The van der Waals surface area contributed by atoms with E-state index in [1.165, 1.54) is 24.3 Å². The Balaban J connectivity index is 1.79. The molecule has 3 rings (SSSR count). The van der Waals surface area contributed by atoms with Crippen LogP contribution < -0.4 is 5.32 Å². The van der Waals surface area contributed by atoms with Crippen LogP contribution >= 0.6 is 0 Å². The second-order valence-electron chi connectivity index (χ2n) is 5.75. The quantitative estimate of drug-likeness (QED) is 0.647. The minimum atomic E-state index is -4.53. The molecule has 1 amide bonds. The number of carbonyl (C=O) groups excluding carboxylic acids is 1. The van der Waals surface area contributed by atoms with Crippen molar-refractivity contribution in [2.24, 2.45) is 0 Å². The molecule has 146 valence electrons. The van der Waals surface area contributed by atoms with Crippen molar-refractivity contribution in [3.8, 4) is 11.4 Å². The predicted molar refractivity (Wildman–Crippen MR) is 88.4 cm³/mol. The number of hydrogen-bond donors (Lipinski definition) is 2. The number of benzene rings is 2. The van der Waals surface area contributed by atoms with Gasteiger partial charge in [0.15, 0.2) is 0 Å². The van der Waals surface area contributed by atoms with E-state index in [2.05, 4.69) is 15.5 Å². The van der Waals surface area contributed by atoms with Gasteiger partial charge in [0.05, 0.1) is 12.2 Å². The Bertz CT molecular complexity index is 971. The second kappa shape index (κ2) is 7.77. The number of nitrogens with zero attached hydrogens (tertiary/aromatic N) is 2. The molecule has 1 unspecified atom stereocenters. The van der Waals surface area contributed by atoms with Crippen molar-refractivity contribution >= 4 is 5.91 Å². The maximum atomic E-state index is 12.9. The molecule has 0 radical (unpaired) electrons. The third kappa shape index (κ3) is 4.34. The van der Waals surface area contributed by atoms with Gasteiger partial charge in [-0.3, -0.25) is 4.79 Å². The maximum absolute atomic E-state index is 12.9. The summed E-state index contributed by atoms with van der Waals surface area (Å²) < 4.78 is 56.4. The normalized spacial score (nSPS) is 12.6. The van der Waals surface area contributed by atoms with Gasteiger partial charge in [0, 0.05) is 11.1 Å². The highest BCUT2D eigenvalue weighted by Gasteiger charge is 2.31. The van der Waals surface area contributed by atoms with E-state index in [0.717, 1.165) is 24.3 Å². The Labute approximate surface area is 155 Å². The van der Waals surface area contributed by atoms with E-state index in [9.17, 15) is 27.5 Å². The highest BCUT2D eigenvalue weighted by Crippen LogP contribution is 2.31. The number of hydrogen-bond acceptors (Lipinski definition) is 5. The summed E-state index contributed by atoms with van der Waals surface area (Å²) in [7, 11) is 0. The fourth-order valence-electron chi connectivity index (χ4n) is 2.36. The fourth-order valence-corrected chi connectivity index (χ4v) is 2.36. The zero-order valence-corrected chi connectivity index (χ0v) is 14.1. The number of halogens is 4. The first-order valence-electron chi connectivity index (χ1n) is 7.96. The molecule has 1 atom stereocenters. The summed E-state index contributed by atoms with van der Waals surface area (Å²) in [6.07, 6.45) is -4.53. The van der Waals surface area contributed by atoms with Crippen LogP contribution in [0.3, 0.4) is 0 Å². The van der Waals surface area contributed by atoms with Crippen LogP contribution in [-0.4, -0.2) is 27.8 Å². The first-order valence-corrected chi connectivity index (χ1v) is 7.96. The summed E-state index contributed by atoms with van der Waals surface area (Å²) in [4.78, 5) is 16.1. The first-order chi connectivity index (χ1) is 13.3. The molecule has 28 heavy (non-hydrogen) atoms. The molecule has 6 nitrogen and oxygen atoms in total. The van der Waals surface area contributed by atoms with Crippen molar-refractivity contribution in [2.75, 3.05) is 6.61 Å². The third-order valence-corrected chi connectivity index (χ3v) is 3.78. The lowest BCUT2D eigenvalue weighted by Gasteiger charge is -2.12. The molecule has 0 aliphatic rings. The minimum Gasteiger partial charge on any atom is -0.394 e. The molecule has 0 saturated heterocycles. The Morgan fingerprint density at radius 3 is 2.54 bits per heavy atom. The van der Waals surface area contributed by atoms with Gasteiger partial charge in [-0.2, -0.15) is 18.2 Å². The van der Waals surface area contributed by atoms with Gasteiger partial charge in [0.1, 0.15) is 11.9 Å². The summed E-state index contributed by atoms with van der Waals surface area (Å²) >= 11 is 0. The van der Waals surface area contributed by atoms with Gasteiger partial charge < -0.3 is 14.9 Å². The van der Waals surface area contributed by atoms with Gasteiger partial charge in [0.25, 0.3) is 11.8 Å². The number of nitrogens with one attached hydrogen (secondary N) is 1. The lowest BCUT2D eigenvalue weighted by atomic mass is 10.1. The van der Waals surface area contributed by atoms with Crippen LogP contribution in [0.5, 0.6) is 0 Å². The van der Waals surface area contributed by atoms with Crippen molar-refractivity contribution < 1.29 is 32.0 Å². The Kier molecular flexibility index (Phi) is 5.41. The van der Waals surface area contributed by atoms with Crippen molar-refractivity contribution in [1.82, 2.24) is 15.5 Å². The molecule has 2 aromatic carbocycles. The van der Waals surface area contributed by atoms with Gasteiger partial charge >= 0.3 is 6.18 Å². The van der Waals surface area contributed by atoms with Crippen molar-refractivity contribution in [3.63, 3.8) is 0 Å². The van der Waals surface area contributed by atoms with E-state index in [-0.39, 0.29) is 22.8 Å². The van der Waals surface area contributed by atoms with E-state index in [1.807, 2.05) is 0 Å². The van der Waals surface area contributed by atoms with Crippen LogP contribution in [0.4, 0.5) is 17.6 Å². The first kappa shape index (κ1) is 19.5. The average molecular weight is 395 g/mol. The average Bonchev–Trinajstić information content (AvgIpc) is 3.16. The highest BCUT2D eigenvalue weighted by molar-refractivity contribution is 5.94. The number of aromatic nitrogens is 2. The summed E-state index contributed by atoms with van der Waals surface area (Å²) in [6.45, 7) is -0.600. The molecule has 0 aliphatic heterocycles. The zero-order valence-electron chi connectivity index (χ0n) is 14.1. The Hall–Kier alpha value is -3.27. The number of carbonyl (C=O) groups is 1. The van der Waals surface area contributed by atoms with E-state index >= 15 is 0 Å². The Morgan fingerprint density at radius 1 is 1.18 bits per heavy atom. The SMILES string of the molecule is O=C(NC(CO)c1nc(-c2cccc(C(F)(F)F)c2)no1)c1ccc(F)cc1. The molecule has 1 heterocycles. The monoisotopic (exact) mass is 395 g/mol. The largest absolute Gasteiger partial charge is 0.416 e. The standard InChI is InChI=1S/C18H13F4N3O3/c19-13-6-4-10(5-7-13)16(27)23-14(9-26)17-24-15(25-28-17)11-2-1-3-12(8-11)18(20,21)22/h1-8,14,26H,9H2,(H,23,27). The molecule has 10 heteroatoms. The third-order valence-electron chi connectivity index (χ3n) is 3.78. The minimum absolute atomic E-state index is 0.0615. The topological polar surface area (TPSA) is 88.2 Å². The number of aliphatic hydroxyl groups is 1. The van der Waals surface area contributed by atoms with Crippen molar-refractivity contribution in [2.45, 2.75) is 12.2 Å². The van der Waals surface area contributed by atoms with Crippen molar-refractivity contribution in [3.05, 3.63) is 71.4 Å². The highest BCUT2D eigenvalue weighted by atomic mass is 19.4. The summed E-state index contributed by atoms with van der Waals surface area (Å²) in [6, 6.07) is 7.95. The summed E-state index contributed by atoms with van der Waals surface area (Å²) in [5, 5.41) is 15.5. The van der Waals surface area contributed by atoms with E-state index in [0.29, 0.717) is 0 Å². The van der Waals surface area contributed by atoms with Crippen LogP contribution in [0.1, 0.15) is 27.9 Å². The molecule has 3 aromatic rings. The lowest BCUT2D eigenvalue weighted by molar-refractivity contribution is -0.137. The molecular formula is C18H13F4N3O3. The Morgan fingerprint density at radius 2 is 1.89 bits per heavy atom. The van der Waals surface area contributed by atoms with Gasteiger partial charge in [-0.1, -0.05) is 17.3 Å². The molecule has 0 fully saturated rings. The van der Waals surface area contributed by atoms with Crippen LogP contribution in [0.15, 0.2) is 53.1 Å². The van der Waals surface area contributed by atoms with Gasteiger partial charge in [-0.05, 0) is 36.4 Å². The fraction of sp³-hybridized carbons (Fsp3) is 0.167. The van der Waals surface area contributed by atoms with E-state index in [1.54, 1.807) is 0 Å². The van der Waals surface area contributed by atoms with E-state index < -0.39 is 36.1 Å². The van der Waals surface area contributed by atoms with Crippen LogP contribution in [0.2, 0.25) is 0 Å². The number of alkyl halides is 3. The molecule has 0 bridgehead atoms. The van der Waals surface area contributed by atoms with Crippen molar-refractivity contribution in [1.29, 1.82) is 0 Å². The number of amides is 1. The maximum Gasteiger partial charge on any atom is 0.416 e. The molecule has 2 N–H and O–H groups in total. The summed E-state index contributed by atoms with van der Waals surface area (Å²) in [5.74, 6) is -1.46. The van der Waals surface area contributed by atoms with Crippen LogP contribution in [0.25, 0.3) is 11.4 Å². The van der Waals surface area contributed by atoms with E-state index in [4.69, 9.17) is 4.52 Å². The van der Waals surface area contributed by atoms with Crippen LogP contribution in [0, 0.1) is 5.82 Å². The van der Waals surface area contributed by atoms with Gasteiger partial charge in [-0.25, -0.2) is 4.39 Å². The molecule has 0 saturated carbocycles. The molecular weight excluding hydrogens is 382 g/mol. The number of rotatable bonds is 5. The molecule has 1 aromatic heterocycles. The predicted octanol–water partition coefficient (Wildman–Crippen LogP) is 3.36. The summed E-state index contributed by atoms with van der Waals surface area (Å²) in [5.41, 5.74) is -0.677. The molecule has 0 spiro atoms. The lowest BCUT2D eigenvalue weighted by Crippen LogP contribution is -2.31. The smallest absolute Gasteiger partial charge is 0.394 e.